The Morgan fingerprint density at radius 3 is 1.85 bits per heavy atom. The highest BCUT2D eigenvalue weighted by atomic mass is 16.3. The zero-order valence-electron chi connectivity index (χ0n) is 20.9. The maximum atomic E-state index is 6.18. The highest BCUT2D eigenvalue weighted by Gasteiger charge is 2.17. The van der Waals surface area contributed by atoms with E-state index in [0.717, 1.165) is 49.4 Å². The predicted octanol–water partition coefficient (Wildman–Crippen LogP) is 9.08. The molecule has 0 aliphatic carbocycles. The summed E-state index contributed by atoms with van der Waals surface area (Å²) in [6, 6.07) is 43.4. The summed E-state index contributed by atoms with van der Waals surface area (Å²) in [5.74, 6) is 1.89. The van der Waals surface area contributed by atoms with E-state index in [1.54, 1.807) is 0 Å². The lowest BCUT2D eigenvalue weighted by atomic mass is 9.97. The summed E-state index contributed by atoms with van der Waals surface area (Å²) in [5.41, 5.74) is 4.49. The van der Waals surface area contributed by atoms with Crippen molar-refractivity contribution < 1.29 is 4.42 Å². The van der Waals surface area contributed by atoms with Crippen LogP contribution in [0.2, 0.25) is 0 Å². The summed E-state index contributed by atoms with van der Waals surface area (Å²) in [6.45, 7) is 0. The van der Waals surface area contributed by atoms with Gasteiger partial charge in [-0.1, -0.05) is 103 Å². The van der Waals surface area contributed by atoms with Crippen molar-refractivity contribution in [2.75, 3.05) is 0 Å². The van der Waals surface area contributed by atoms with Crippen LogP contribution in [0.3, 0.4) is 0 Å². The maximum Gasteiger partial charge on any atom is 0.164 e. The van der Waals surface area contributed by atoms with Crippen molar-refractivity contribution in [3.05, 3.63) is 127 Å². The lowest BCUT2D eigenvalue weighted by Gasteiger charge is -2.12. The van der Waals surface area contributed by atoms with E-state index in [0.29, 0.717) is 17.5 Å². The van der Waals surface area contributed by atoms with Crippen LogP contribution in [-0.2, 0) is 0 Å². The van der Waals surface area contributed by atoms with Crippen LogP contribution in [0.4, 0.5) is 0 Å². The van der Waals surface area contributed by atoms with Gasteiger partial charge in [-0.15, -0.1) is 0 Å². The first-order valence-electron chi connectivity index (χ1n) is 13.0. The lowest BCUT2D eigenvalue weighted by Crippen LogP contribution is -2.00. The van der Waals surface area contributed by atoms with Crippen LogP contribution in [0.5, 0.6) is 0 Å². The molecule has 0 atom stereocenters. The summed E-state index contributed by atoms with van der Waals surface area (Å²) >= 11 is 0. The molecule has 0 saturated carbocycles. The Balaban J connectivity index is 1.40. The summed E-state index contributed by atoms with van der Waals surface area (Å²) in [5, 5.41) is 6.83. The molecule has 2 aromatic heterocycles. The van der Waals surface area contributed by atoms with Gasteiger partial charge in [-0.3, -0.25) is 0 Å². The van der Waals surface area contributed by atoms with Crippen molar-refractivity contribution in [3.8, 4) is 34.2 Å². The third kappa shape index (κ3) is 3.57. The minimum Gasteiger partial charge on any atom is -0.456 e. The maximum absolute atomic E-state index is 6.18. The molecule has 0 amide bonds. The van der Waals surface area contributed by atoms with Gasteiger partial charge in [0, 0.05) is 27.5 Å². The number of furan rings is 1. The summed E-state index contributed by atoms with van der Waals surface area (Å²) in [6.07, 6.45) is 0. The fourth-order valence-corrected chi connectivity index (χ4v) is 5.45. The van der Waals surface area contributed by atoms with Gasteiger partial charge >= 0.3 is 0 Å². The molecule has 2 heterocycles. The van der Waals surface area contributed by atoms with Gasteiger partial charge in [0.05, 0.1) is 0 Å². The van der Waals surface area contributed by atoms with E-state index in [4.69, 9.17) is 19.4 Å². The van der Waals surface area contributed by atoms with Gasteiger partial charge in [0.15, 0.2) is 17.5 Å². The molecule has 0 aliphatic heterocycles. The molecule has 0 saturated heterocycles. The molecule has 0 unspecified atom stereocenters. The second kappa shape index (κ2) is 8.61. The van der Waals surface area contributed by atoms with E-state index < -0.39 is 0 Å². The van der Waals surface area contributed by atoms with Gasteiger partial charge in [-0.05, 0) is 45.8 Å². The quantitative estimate of drug-likeness (QED) is 0.228. The Hall–Kier alpha value is -5.35. The van der Waals surface area contributed by atoms with Gasteiger partial charge in [-0.2, -0.15) is 0 Å². The molecule has 8 aromatic rings. The molecule has 0 bridgehead atoms. The summed E-state index contributed by atoms with van der Waals surface area (Å²) in [4.78, 5) is 15.0. The van der Waals surface area contributed by atoms with Crippen molar-refractivity contribution in [3.63, 3.8) is 0 Å². The number of aromatic nitrogens is 3. The Morgan fingerprint density at radius 2 is 1.00 bits per heavy atom. The van der Waals surface area contributed by atoms with Crippen LogP contribution in [0.1, 0.15) is 0 Å². The predicted molar refractivity (Wildman–Crippen MR) is 158 cm³/mol. The standard InChI is InChI=1S/C35H21N3O/c1-2-10-22(11-3-1)33-36-34(24-18-19-29-28-16-8-9-17-31(28)39-32(29)21-24)38-35(37-33)30-20-23-12-4-5-13-25(23)26-14-6-7-15-27(26)30/h1-21H. The fourth-order valence-electron chi connectivity index (χ4n) is 5.45. The number of hydrogen-bond acceptors (Lipinski definition) is 4. The van der Waals surface area contributed by atoms with Crippen molar-refractivity contribution in [1.29, 1.82) is 0 Å². The van der Waals surface area contributed by atoms with Gasteiger partial charge in [0.2, 0.25) is 0 Å². The number of nitrogens with zero attached hydrogens (tertiary/aromatic N) is 3. The normalized spacial score (nSPS) is 11.6. The zero-order valence-corrected chi connectivity index (χ0v) is 20.9. The van der Waals surface area contributed by atoms with Crippen LogP contribution in [0.25, 0.3) is 77.6 Å². The first-order valence-corrected chi connectivity index (χ1v) is 13.0. The van der Waals surface area contributed by atoms with Gasteiger partial charge in [0.25, 0.3) is 0 Å². The molecule has 0 radical (unpaired) electrons. The number of fused-ring (bicyclic) bond motifs is 6. The van der Waals surface area contributed by atoms with E-state index in [9.17, 15) is 0 Å². The first-order chi connectivity index (χ1) is 19.3. The molecule has 0 fully saturated rings. The topological polar surface area (TPSA) is 51.8 Å². The first kappa shape index (κ1) is 21.7. The Kier molecular flexibility index (Phi) is 4.79. The molecule has 4 heteroatoms. The SMILES string of the molecule is c1ccc(-c2nc(-c3ccc4c(c3)oc3ccccc34)nc(-c3cc4ccccc4c4ccccc34)n2)cc1. The number of rotatable bonds is 3. The summed E-state index contributed by atoms with van der Waals surface area (Å²) in [7, 11) is 0. The van der Waals surface area contributed by atoms with Gasteiger partial charge in [-0.25, -0.2) is 15.0 Å². The summed E-state index contributed by atoms with van der Waals surface area (Å²) < 4.78 is 6.18. The van der Waals surface area contributed by atoms with E-state index in [1.807, 2.05) is 54.6 Å². The Morgan fingerprint density at radius 1 is 0.385 bits per heavy atom. The minimum absolute atomic E-state index is 0.610. The molecular formula is C35H21N3O. The minimum atomic E-state index is 0.610. The Labute approximate surface area is 224 Å². The number of hydrogen-bond donors (Lipinski definition) is 0. The molecule has 4 nitrogen and oxygen atoms in total. The van der Waals surface area contributed by atoms with Gasteiger partial charge < -0.3 is 4.42 Å². The molecule has 39 heavy (non-hydrogen) atoms. The third-order valence-corrected chi connectivity index (χ3v) is 7.31. The fraction of sp³-hybridized carbons (Fsp3) is 0. The monoisotopic (exact) mass is 499 g/mol. The smallest absolute Gasteiger partial charge is 0.164 e. The zero-order chi connectivity index (χ0) is 25.8. The van der Waals surface area contributed by atoms with Crippen molar-refractivity contribution in [1.82, 2.24) is 15.0 Å². The van der Waals surface area contributed by atoms with Crippen LogP contribution in [-0.4, -0.2) is 15.0 Å². The average molecular weight is 500 g/mol. The average Bonchev–Trinajstić information content (AvgIpc) is 3.39. The molecular weight excluding hydrogens is 478 g/mol. The molecule has 0 aliphatic rings. The van der Waals surface area contributed by atoms with E-state index in [2.05, 4.69) is 72.8 Å². The lowest BCUT2D eigenvalue weighted by molar-refractivity contribution is 0.669. The molecule has 0 N–H and O–H groups in total. The van der Waals surface area contributed by atoms with Crippen LogP contribution < -0.4 is 0 Å². The van der Waals surface area contributed by atoms with Gasteiger partial charge in [0.1, 0.15) is 11.2 Å². The van der Waals surface area contributed by atoms with Crippen molar-refractivity contribution in [2.45, 2.75) is 0 Å². The Bertz CT molecular complexity index is 2180. The van der Waals surface area contributed by atoms with E-state index in [-0.39, 0.29) is 0 Å². The van der Waals surface area contributed by atoms with Crippen LogP contribution in [0, 0.1) is 0 Å². The second-order valence-electron chi connectivity index (χ2n) is 9.67. The van der Waals surface area contributed by atoms with E-state index >= 15 is 0 Å². The highest BCUT2D eigenvalue weighted by Crippen LogP contribution is 2.36. The van der Waals surface area contributed by atoms with Crippen LogP contribution in [0.15, 0.2) is 132 Å². The second-order valence-corrected chi connectivity index (χ2v) is 9.67. The number of benzene rings is 6. The molecule has 6 aromatic carbocycles. The van der Waals surface area contributed by atoms with Crippen LogP contribution >= 0.6 is 0 Å². The van der Waals surface area contributed by atoms with Crippen molar-refractivity contribution >= 4 is 43.5 Å². The van der Waals surface area contributed by atoms with Crippen molar-refractivity contribution in [2.24, 2.45) is 0 Å². The highest BCUT2D eigenvalue weighted by molar-refractivity contribution is 6.13. The van der Waals surface area contributed by atoms with E-state index in [1.165, 1.54) is 10.8 Å². The largest absolute Gasteiger partial charge is 0.456 e. The molecule has 8 rings (SSSR count). The molecule has 182 valence electrons. The number of para-hydroxylation sites is 1. The molecule has 0 spiro atoms. The third-order valence-electron chi connectivity index (χ3n) is 7.31.